The van der Waals surface area contributed by atoms with Gasteiger partial charge in [0, 0.05) is 12.4 Å². The molecule has 0 aliphatic carbocycles. The highest BCUT2D eigenvalue weighted by atomic mass is 32.1. The number of thiol groups is 1. The maximum Gasteiger partial charge on any atom is 0.123 e. The Labute approximate surface area is 77.6 Å². The first-order chi connectivity index (χ1) is 5.72. The molecule has 0 aromatic heterocycles. The first kappa shape index (κ1) is 9.55. The van der Waals surface area contributed by atoms with E-state index in [1.807, 2.05) is 11.9 Å². The summed E-state index contributed by atoms with van der Waals surface area (Å²) in [6, 6.07) is 6.52. The fraction of sp³-hybridized carbons (Fsp3) is 0.333. The summed E-state index contributed by atoms with van der Waals surface area (Å²) in [5.74, 6) is 0.518. The average Bonchev–Trinajstić information content (AvgIpc) is 2.09. The lowest BCUT2D eigenvalue weighted by Crippen LogP contribution is -2.15. The third kappa shape index (κ3) is 2.83. The van der Waals surface area contributed by atoms with E-state index in [9.17, 15) is 4.39 Å². The molecule has 0 heterocycles. The zero-order chi connectivity index (χ0) is 8.97. The molecule has 0 bridgehead atoms. The van der Waals surface area contributed by atoms with Crippen LogP contribution in [0.2, 0.25) is 0 Å². The molecule has 0 fully saturated rings. The molecule has 0 saturated heterocycles. The van der Waals surface area contributed by atoms with Gasteiger partial charge in [-0.3, -0.25) is 4.90 Å². The summed E-state index contributed by atoms with van der Waals surface area (Å²) in [7, 11) is 1.97. The van der Waals surface area contributed by atoms with E-state index in [2.05, 4.69) is 12.6 Å². The van der Waals surface area contributed by atoms with E-state index in [4.69, 9.17) is 0 Å². The Bertz CT molecular complexity index is 235. The van der Waals surface area contributed by atoms with Gasteiger partial charge in [-0.1, -0.05) is 12.1 Å². The number of hydrogen-bond donors (Lipinski definition) is 1. The molecule has 0 aliphatic heterocycles. The van der Waals surface area contributed by atoms with Crippen molar-refractivity contribution in [3.8, 4) is 0 Å². The fourth-order valence-corrected chi connectivity index (χ4v) is 1.05. The number of hydrogen-bond acceptors (Lipinski definition) is 2. The van der Waals surface area contributed by atoms with Gasteiger partial charge in [0.05, 0.1) is 0 Å². The third-order valence-electron chi connectivity index (χ3n) is 1.61. The molecule has 0 saturated carbocycles. The van der Waals surface area contributed by atoms with Gasteiger partial charge in [0.15, 0.2) is 0 Å². The minimum Gasteiger partial charge on any atom is -0.293 e. The molecule has 0 amide bonds. The van der Waals surface area contributed by atoms with Crippen molar-refractivity contribution in [2.45, 2.75) is 6.54 Å². The molecule has 0 atom stereocenters. The summed E-state index contributed by atoms with van der Waals surface area (Å²) in [6.07, 6.45) is 0. The standard InChI is InChI=1S/C9H12FNS/c1-11(7-12)6-8-2-4-9(10)5-3-8/h2-5,12H,6-7H2,1H3. The maximum atomic E-state index is 12.5. The van der Waals surface area contributed by atoms with E-state index in [1.54, 1.807) is 12.1 Å². The first-order valence-corrected chi connectivity index (χ1v) is 4.39. The van der Waals surface area contributed by atoms with Crippen molar-refractivity contribution in [3.05, 3.63) is 35.6 Å². The van der Waals surface area contributed by atoms with Crippen molar-refractivity contribution in [2.75, 3.05) is 12.9 Å². The van der Waals surface area contributed by atoms with Crippen LogP contribution in [-0.2, 0) is 6.54 Å². The SMILES string of the molecule is CN(CS)Cc1ccc(F)cc1. The molecule has 1 nitrogen and oxygen atoms in total. The van der Waals surface area contributed by atoms with Gasteiger partial charge in [0.1, 0.15) is 5.82 Å². The molecule has 1 rings (SSSR count). The van der Waals surface area contributed by atoms with E-state index in [1.165, 1.54) is 12.1 Å². The molecule has 3 heteroatoms. The van der Waals surface area contributed by atoms with E-state index in [0.29, 0.717) is 5.88 Å². The Morgan fingerprint density at radius 2 is 1.92 bits per heavy atom. The Hall–Kier alpha value is -0.540. The topological polar surface area (TPSA) is 3.24 Å². The Balaban J connectivity index is 2.58. The minimum absolute atomic E-state index is 0.188. The third-order valence-corrected chi connectivity index (χ3v) is 2.09. The van der Waals surface area contributed by atoms with Crippen LogP contribution < -0.4 is 0 Å². The van der Waals surface area contributed by atoms with Crippen molar-refractivity contribution in [3.63, 3.8) is 0 Å². The molecule has 0 N–H and O–H groups in total. The van der Waals surface area contributed by atoms with Gasteiger partial charge in [-0.05, 0) is 24.7 Å². The lowest BCUT2D eigenvalue weighted by molar-refractivity contribution is 0.387. The van der Waals surface area contributed by atoms with Crippen LogP contribution in [0, 0.1) is 5.82 Å². The van der Waals surface area contributed by atoms with Crippen molar-refractivity contribution < 1.29 is 4.39 Å². The Kier molecular flexibility index (Phi) is 3.56. The van der Waals surface area contributed by atoms with Crippen LogP contribution in [0.3, 0.4) is 0 Å². The van der Waals surface area contributed by atoms with E-state index >= 15 is 0 Å². The van der Waals surface area contributed by atoms with Crippen LogP contribution >= 0.6 is 12.6 Å². The van der Waals surface area contributed by atoms with Gasteiger partial charge in [-0.15, -0.1) is 0 Å². The van der Waals surface area contributed by atoms with Gasteiger partial charge in [-0.25, -0.2) is 4.39 Å². The molecule has 0 aliphatic rings. The first-order valence-electron chi connectivity index (χ1n) is 3.76. The Morgan fingerprint density at radius 3 is 2.42 bits per heavy atom. The van der Waals surface area contributed by atoms with E-state index in [-0.39, 0.29) is 5.82 Å². The molecular formula is C9H12FNS. The van der Waals surface area contributed by atoms with E-state index in [0.717, 1.165) is 12.1 Å². The molecule has 66 valence electrons. The monoisotopic (exact) mass is 185 g/mol. The lowest BCUT2D eigenvalue weighted by atomic mass is 10.2. The van der Waals surface area contributed by atoms with Crippen LogP contribution in [-0.4, -0.2) is 17.8 Å². The van der Waals surface area contributed by atoms with Gasteiger partial charge in [-0.2, -0.15) is 12.6 Å². The second-order valence-corrected chi connectivity index (χ2v) is 3.06. The number of nitrogens with zero attached hydrogens (tertiary/aromatic N) is 1. The predicted octanol–water partition coefficient (Wildman–Crippen LogP) is 2.14. The summed E-state index contributed by atoms with van der Waals surface area (Å²) in [5.41, 5.74) is 1.10. The highest BCUT2D eigenvalue weighted by Gasteiger charge is 1.97. The van der Waals surface area contributed by atoms with Gasteiger partial charge in [0.25, 0.3) is 0 Å². The van der Waals surface area contributed by atoms with Gasteiger partial charge >= 0.3 is 0 Å². The van der Waals surface area contributed by atoms with Crippen LogP contribution in [0.5, 0.6) is 0 Å². The molecule has 0 spiro atoms. The van der Waals surface area contributed by atoms with Gasteiger partial charge < -0.3 is 0 Å². The van der Waals surface area contributed by atoms with Crippen molar-refractivity contribution in [1.29, 1.82) is 0 Å². The number of halogens is 1. The average molecular weight is 185 g/mol. The summed E-state index contributed by atoms with van der Waals surface area (Å²) in [6.45, 7) is 0.809. The zero-order valence-corrected chi connectivity index (χ0v) is 7.89. The quantitative estimate of drug-likeness (QED) is 0.558. The van der Waals surface area contributed by atoms with Crippen molar-refractivity contribution in [1.82, 2.24) is 4.90 Å². The van der Waals surface area contributed by atoms with Crippen LogP contribution in [0.4, 0.5) is 4.39 Å². The largest absolute Gasteiger partial charge is 0.293 e. The van der Waals surface area contributed by atoms with Crippen molar-refractivity contribution in [2.24, 2.45) is 0 Å². The smallest absolute Gasteiger partial charge is 0.123 e. The van der Waals surface area contributed by atoms with E-state index < -0.39 is 0 Å². The summed E-state index contributed by atoms with van der Waals surface area (Å²) < 4.78 is 12.5. The summed E-state index contributed by atoms with van der Waals surface area (Å²) in [5, 5.41) is 0. The molecule has 0 unspecified atom stereocenters. The molecule has 12 heavy (non-hydrogen) atoms. The van der Waals surface area contributed by atoms with Crippen LogP contribution in [0.25, 0.3) is 0 Å². The number of rotatable bonds is 3. The lowest BCUT2D eigenvalue weighted by Gasteiger charge is -2.12. The minimum atomic E-state index is -0.188. The summed E-state index contributed by atoms with van der Waals surface area (Å²) >= 11 is 4.12. The molecule has 1 aromatic rings. The molecular weight excluding hydrogens is 173 g/mol. The maximum absolute atomic E-state index is 12.5. The summed E-state index contributed by atoms with van der Waals surface area (Å²) in [4.78, 5) is 2.04. The Morgan fingerprint density at radius 1 is 1.33 bits per heavy atom. The normalized spacial score (nSPS) is 10.7. The van der Waals surface area contributed by atoms with Crippen LogP contribution in [0.15, 0.2) is 24.3 Å². The molecule has 0 radical (unpaired) electrons. The van der Waals surface area contributed by atoms with Crippen molar-refractivity contribution >= 4 is 12.6 Å². The fourth-order valence-electron chi connectivity index (χ4n) is 0.951. The highest BCUT2D eigenvalue weighted by molar-refractivity contribution is 7.80. The highest BCUT2D eigenvalue weighted by Crippen LogP contribution is 2.05. The predicted molar refractivity (Wildman–Crippen MR) is 51.7 cm³/mol. The van der Waals surface area contributed by atoms with Crippen LogP contribution in [0.1, 0.15) is 5.56 Å². The zero-order valence-electron chi connectivity index (χ0n) is 7.00. The second-order valence-electron chi connectivity index (χ2n) is 2.78. The number of benzene rings is 1. The molecule has 1 aromatic carbocycles. The van der Waals surface area contributed by atoms with Gasteiger partial charge in [0.2, 0.25) is 0 Å². The second kappa shape index (κ2) is 4.48.